The Labute approximate surface area is 180 Å². The Hall–Kier alpha value is -1.37. The molecule has 0 aliphatic heterocycles. The number of likely N-dealkylation sites (N-methyl/N-ethyl adjacent to an activating group) is 1. The van der Waals surface area contributed by atoms with Crippen LogP contribution in [0.15, 0.2) is 35.1 Å². The molecule has 0 radical (unpaired) electrons. The first-order valence-corrected chi connectivity index (χ1v) is 10.4. The molecule has 4 nitrogen and oxygen atoms in total. The van der Waals surface area contributed by atoms with Gasteiger partial charge in [-0.3, -0.25) is 9.69 Å². The molecule has 3 rings (SSSR count). The molecule has 0 fully saturated rings. The Balaban J connectivity index is 0.00000280. The fourth-order valence-electron chi connectivity index (χ4n) is 3.30. The molecule has 0 spiro atoms. The van der Waals surface area contributed by atoms with Crippen molar-refractivity contribution in [2.45, 2.75) is 26.9 Å². The van der Waals surface area contributed by atoms with Gasteiger partial charge in [0.05, 0.1) is 11.5 Å². The van der Waals surface area contributed by atoms with Crippen molar-refractivity contribution in [2.75, 3.05) is 31.5 Å². The van der Waals surface area contributed by atoms with E-state index in [-0.39, 0.29) is 23.9 Å². The summed E-state index contributed by atoms with van der Waals surface area (Å²) in [6.07, 6.45) is -0.349. The van der Waals surface area contributed by atoms with Gasteiger partial charge in [-0.25, -0.2) is 0 Å². The quantitative estimate of drug-likeness (QED) is 0.512. The highest BCUT2D eigenvalue weighted by atomic mass is 35.5. The minimum atomic E-state index is -0.349. The summed E-state index contributed by atoms with van der Waals surface area (Å²) in [5, 5.41) is 15.1. The lowest BCUT2D eigenvalue weighted by molar-refractivity contribution is 0.132. The number of hydrogen-bond donors (Lipinski definition) is 2. The molecule has 1 atom stereocenters. The first kappa shape index (κ1) is 22.9. The van der Waals surface area contributed by atoms with Crippen LogP contribution in [0.5, 0.6) is 0 Å². The number of anilines is 1. The molecule has 3 aromatic rings. The van der Waals surface area contributed by atoms with Crippen LogP contribution in [-0.2, 0) is 0 Å². The minimum Gasteiger partial charge on any atom is -0.392 e. The molecule has 2 N–H and O–H groups in total. The van der Waals surface area contributed by atoms with Crippen molar-refractivity contribution in [3.05, 3.63) is 51.1 Å². The number of rotatable bonds is 7. The summed E-state index contributed by atoms with van der Waals surface area (Å²) in [6.45, 7) is 8.94. The van der Waals surface area contributed by atoms with E-state index in [1.807, 2.05) is 31.2 Å². The van der Waals surface area contributed by atoms with Crippen molar-refractivity contribution >= 4 is 61.2 Å². The summed E-state index contributed by atoms with van der Waals surface area (Å²) in [6, 6.07) is 9.46. The minimum absolute atomic E-state index is 0. The van der Waals surface area contributed by atoms with Gasteiger partial charge in [0.2, 0.25) is 0 Å². The van der Waals surface area contributed by atoms with Crippen LogP contribution < -0.4 is 10.7 Å². The summed E-state index contributed by atoms with van der Waals surface area (Å²) < 4.78 is 1.91. The standard InChI is InChI=1S/C21H25ClN2O2S.ClH/c1-4-24(12-14(3)25)10-9-23-17-8-5-13(2)21-19(17)20(26)16-7-6-15(22)11-18(16)27-21;/h5-8,11,14,23,25H,4,9-10,12H2,1-3H3;1H. The third-order valence-corrected chi connectivity index (χ3v) is 6.22. The fraction of sp³-hybridized carbons (Fsp3) is 0.381. The van der Waals surface area contributed by atoms with E-state index in [1.54, 1.807) is 24.3 Å². The molecule has 0 saturated heterocycles. The van der Waals surface area contributed by atoms with Crippen LogP contribution in [0.2, 0.25) is 5.02 Å². The molecule has 0 saturated carbocycles. The van der Waals surface area contributed by atoms with Crippen LogP contribution in [0, 0.1) is 6.92 Å². The molecule has 0 bridgehead atoms. The van der Waals surface area contributed by atoms with Crippen LogP contribution in [0.1, 0.15) is 19.4 Å². The third kappa shape index (κ3) is 4.97. The van der Waals surface area contributed by atoms with Crippen molar-refractivity contribution in [2.24, 2.45) is 0 Å². The zero-order chi connectivity index (χ0) is 19.6. The van der Waals surface area contributed by atoms with Crippen LogP contribution in [0.3, 0.4) is 0 Å². The van der Waals surface area contributed by atoms with Gasteiger partial charge < -0.3 is 10.4 Å². The number of benzene rings is 2. The van der Waals surface area contributed by atoms with Gasteiger partial charge in [-0.2, -0.15) is 0 Å². The monoisotopic (exact) mass is 440 g/mol. The topological polar surface area (TPSA) is 52.6 Å². The molecule has 28 heavy (non-hydrogen) atoms. The van der Waals surface area contributed by atoms with E-state index in [4.69, 9.17) is 11.6 Å². The van der Waals surface area contributed by atoms with Gasteiger partial charge >= 0.3 is 0 Å². The second-order valence-corrected chi connectivity index (χ2v) is 8.36. The maximum absolute atomic E-state index is 13.2. The summed E-state index contributed by atoms with van der Waals surface area (Å²) in [4.78, 5) is 15.3. The van der Waals surface area contributed by atoms with Gasteiger partial charge in [-0.1, -0.05) is 24.6 Å². The molecule has 7 heteroatoms. The Morgan fingerprint density at radius 2 is 2.04 bits per heavy atom. The third-order valence-electron chi connectivity index (χ3n) is 4.70. The average Bonchev–Trinajstić information content (AvgIpc) is 2.62. The van der Waals surface area contributed by atoms with Gasteiger partial charge in [0.15, 0.2) is 5.43 Å². The lowest BCUT2D eigenvalue weighted by Crippen LogP contribution is -2.34. The fourth-order valence-corrected chi connectivity index (χ4v) is 4.75. The van der Waals surface area contributed by atoms with E-state index < -0.39 is 0 Å². The number of aliphatic hydroxyl groups is 1. The van der Waals surface area contributed by atoms with Crippen LogP contribution in [0.4, 0.5) is 5.69 Å². The Kier molecular flexibility index (Phi) is 8.10. The molecule has 0 aliphatic rings. The zero-order valence-corrected chi connectivity index (χ0v) is 18.7. The van der Waals surface area contributed by atoms with E-state index in [9.17, 15) is 9.90 Å². The van der Waals surface area contributed by atoms with Crippen molar-refractivity contribution in [3.8, 4) is 0 Å². The number of aryl methyl sites for hydroxylation is 1. The Morgan fingerprint density at radius 1 is 1.29 bits per heavy atom. The number of nitrogens with zero attached hydrogens (tertiary/aromatic N) is 1. The van der Waals surface area contributed by atoms with Crippen LogP contribution in [-0.4, -0.2) is 42.3 Å². The van der Waals surface area contributed by atoms with Gasteiger partial charge in [0.25, 0.3) is 0 Å². The highest BCUT2D eigenvalue weighted by molar-refractivity contribution is 7.24. The number of hydrogen-bond acceptors (Lipinski definition) is 5. The highest BCUT2D eigenvalue weighted by Gasteiger charge is 2.13. The van der Waals surface area contributed by atoms with Crippen LogP contribution in [0.25, 0.3) is 20.2 Å². The second-order valence-electron chi connectivity index (χ2n) is 6.87. The number of halogens is 2. The Bertz CT molecular complexity index is 1020. The lowest BCUT2D eigenvalue weighted by Gasteiger charge is -2.22. The molecular weight excluding hydrogens is 415 g/mol. The SMILES string of the molecule is CCN(CCNc1ccc(C)c2sc3cc(Cl)ccc3c(=O)c12)CC(C)O.Cl. The Morgan fingerprint density at radius 3 is 2.71 bits per heavy atom. The molecular formula is C21H26Cl2N2O2S. The van der Waals surface area contributed by atoms with Gasteiger partial charge in [-0.15, -0.1) is 23.7 Å². The summed E-state index contributed by atoms with van der Waals surface area (Å²) in [5.41, 5.74) is 1.99. The van der Waals surface area contributed by atoms with Crippen molar-refractivity contribution in [1.29, 1.82) is 0 Å². The van der Waals surface area contributed by atoms with Gasteiger partial charge in [-0.05, 0) is 50.2 Å². The molecule has 1 heterocycles. The van der Waals surface area contributed by atoms with Gasteiger partial charge in [0.1, 0.15) is 0 Å². The van der Waals surface area contributed by atoms with E-state index in [0.717, 1.165) is 39.1 Å². The summed E-state index contributed by atoms with van der Waals surface area (Å²) in [5.74, 6) is 0. The number of aliphatic hydroxyl groups excluding tert-OH is 1. The first-order chi connectivity index (χ1) is 12.9. The largest absolute Gasteiger partial charge is 0.392 e. The van der Waals surface area contributed by atoms with E-state index in [2.05, 4.69) is 17.1 Å². The molecule has 1 aromatic heterocycles. The highest BCUT2D eigenvalue weighted by Crippen LogP contribution is 2.32. The predicted molar refractivity (Wildman–Crippen MR) is 125 cm³/mol. The normalized spacial score (nSPS) is 12.4. The summed E-state index contributed by atoms with van der Waals surface area (Å²) in [7, 11) is 0. The van der Waals surface area contributed by atoms with Crippen molar-refractivity contribution in [1.82, 2.24) is 4.90 Å². The van der Waals surface area contributed by atoms with Gasteiger partial charge in [0, 0.05) is 45.1 Å². The van der Waals surface area contributed by atoms with Crippen molar-refractivity contribution < 1.29 is 5.11 Å². The maximum Gasteiger partial charge on any atom is 0.197 e. The zero-order valence-electron chi connectivity index (χ0n) is 16.3. The van der Waals surface area contributed by atoms with E-state index >= 15 is 0 Å². The van der Waals surface area contributed by atoms with E-state index in [1.165, 1.54) is 0 Å². The maximum atomic E-state index is 13.2. The number of nitrogens with one attached hydrogen (secondary N) is 1. The smallest absolute Gasteiger partial charge is 0.197 e. The second kappa shape index (κ2) is 9.90. The lowest BCUT2D eigenvalue weighted by atomic mass is 10.1. The molecule has 2 aromatic carbocycles. The van der Waals surface area contributed by atoms with Crippen LogP contribution >= 0.6 is 35.3 Å². The molecule has 0 aliphatic carbocycles. The molecule has 0 amide bonds. The molecule has 1 unspecified atom stereocenters. The van der Waals surface area contributed by atoms with E-state index in [0.29, 0.717) is 23.5 Å². The van der Waals surface area contributed by atoms with Crippen molar-refractivity contribution in [3.63, 3.8) is 0 Å². The average molecular weight is 441 g/mol. The first-order valence-electron chi connectivity index (χ1n) is 9.20. The number of fused-ring (bicyclic) bond motifs is 2. The molecule has 152 valence electrons. The predicted octanol–water partition coefficient (Wildman–Crippen LogP) is 4.91. The summed E-state index contributed by atoms with van der Waals surface area (Å²) >= 11 is 7.72.